The highest BCUT2D eigenvalue weighted by molar-refractivity contribution is 7.71. The fraction of sp³-hybridized carbons (Fsp3) is 0.375. The number of anilines is 1. The van der Waals surface area contributed by atoms with Crippen LogP contribution in [0.4, 0.5) is 5.69 Å². The number of aromatic nitrogens is 3. The summed E-state index contributed by atoms with van der Waals surface area (Å²) in [6, 6.07) is 15.8. The first kappa shape index (κ1) is 23.0. The van der Waals surface area contributed by atoms with Crippen molar-refractivity contribution in [2.24, 2.45) is 0 Å². The smallest absolute Gasteiger partial charge is 0.242 e. The molecule has 0 saturated carbocycles. The van der Waals surface area contributed by atoms with Crippen molar-refractivity contribution >= 4 is 23.8 Å². The lowest BCUT2D eigenvalue weighted by Crippen LogP contribution is -2.37. The molecule has 0 unspecified atom stereocenters. The van der Waals surface area contributed by atoms with Crippen LogP contribution in [0.25, 0.3) is 11.4 Å². The number of carbonyl (C=O) groups excluding carboxylic acids is 1. The Morgan fingerprint density at radius 2 is 1.91 bits per heavy atom. The van der Waals surface area contributed by atoms with Gasteiger partial charge < -0.3 is 19.3 Å². The minimum absolute atomic E-state index is 0.0449. The molecule has 1 N–H and O–H groups in total. The van der Waals surface area contributed by atoms with Crippen LogP contribution in [0.1, 0.15) is 12.5 Å². The van der Waals surface area contributed by atoms with Gasteiger partial charge in [-0.05, 0) is 55.0 Å². The number of H-pyrrole nitrogens is 1. The van der Waals surface area contributed by atoms with Crippen LogP contribution in [0, 0.1) is 4.77 Å². The maximum absolute atomic E-state index is 13.1. The Hall–Kier alpha value is -3.17. The molecule has 0 atom stereocenters. The summed E-state index contributed by atoms with van der Waals surface area (Å²) < 4.78 is 13.1. The summed E-state index contributed by atoms with van der Waals surface area (Å²) in [4.78, 5) is 17.2. The molecule has 1 saturated heterocycles. The van der Waals surface area contributed by atoms with E-state index in [2.05, 4.69) is 27.2 Å². The van der Waals surface area contributed by atoms with E-state index < -0.39 is 0 Å². The third-order valence-corrected chi connectivity index (χ3v) is 5.96. The first-order valence-electron chi connectivity index (χ1n) is 11.1. The second-order valence-electron chi connectivity index (χ2n) is 7.87. The highest BCUT2D eigenvalue weighted by atomic mass is 32.1. The van der Waals surface area contributed by atoms with Crippen molar-refractivity contribution in [2.45, 2.75) is 20.0 Å². The molecule has 1 aromatic heterocycles. The maximum atomic E-state index is 13.1. The number of aromatic amines is 1. The third-order valence-electron chi connectivity index (χ3n) is 5.65. The number of nitrogens with one attached hydrogen (secondary N) is 1. The van der Waals surface area contributed by atoms with E-state index >= 15 is 0 Å². The molecule has 0 aliphatic carbocycles. The van der Waals surface area contributed by atoms with Crippen molar-refractivity contribution < 1.29 is 14.3 Å². The highest BCUT2D eigenvalue weighted by Crippen LogP contribution is 2.24. The zero-order valence-corrected chi connectivity index (χ0v) is 19.8. The monoisotopic (exact) mass is 467 g/mol. The molecular weight excluding hydrogens is 438 g/mol. The van der Waals surface area contributed by atoms with Gasteiger partial charge in [-0.1, -0.05) is 18.2 Å². The van der Waals surface area contributed by atoms with E-state index in [1.54, 1.807) is 9.47 Å². The average molecular weight is 468 g/mol. The SMILES string of the molecule is CCOc1ccc(-c2n[nH]c(=S)n2CC(=O)N(C)Cc2ccccc2N2CCOCC2)cc1. The number of rotatable bonds is 8. The van der Waals surface area contributed by atoms with Gasteiger partial charge in [-0.3, -0.25) is 14.5 Å². The van der Waals surface area contributed by atoms with E-state index in [0.717, 1.165) is 48.9 Å². The molecule has 8 nitrogen and oxygen atoms in total. The largest absolute Gasteiger partial charge is 0.494 e. The molecule has 3 aromatic rings. The number of ether oxygens (including phenoxy) is 2. The Balaban J connectivity index is 1.48. The Morgan fingerprint density at radius 1 is 1.18 bits per heavy atom. The number of amides is 1. The summed E-state index contributed by atoms with van der Waals surface area (Å²) >= 11 is 5.41. The number of hydrogen-bond acceptors (Lipinski definition) is 6. The van der Waals surface area contributed by atoms with Crippen molar-refractivity contribution in [2.75, 3.05) is 44.9 Å². The van der Waals surface area contributed by atoms with Crippen LogP contribution in [0.3, 0.4) is 0 Å². The fourth-order valence-corrected chi connectivity index (χ4v) is 4.11. The van der Waals surface area contributed by atoms with Crippen LogP contribution in [0.5, 0.6) is 5.75 Å². The lowest BCUT2D eigenvalue weighted by Gasteiger charge is -2.31. The minimum atomic E-state index is -0.0449. The molecule has 9 heteroatoms. The van der Waals surface area contributed by atoms with E-state index in [0.29, 0.717) is 23.7 Å². The van der Waals surface area contributed by atoms with Gasteiger partial charge in [0.2, 0.25) is 5.91 Å². The van der Waals surface area contributed by atoms with E-state index in [9.17, 15) is 4.79 Å². The number of nitrogens with zero attached hydrogens (tertiary/aromatic N) is 4. The van der Waals surface area contributed by atoms with Crippen molar-refractivity contribution in [1.29, 1.82) is 0 Å². The normalized spacial score (nSPS) is 13.7. The number of para-hydroxylation sites is 1. The molecule has 1 aliphatic rings. The number of morpholine rings is 1. The number of hydrogen-bond donors (Lipinski definition) is 1. The molecule has 0 spiro atoms. The van der Waals surface area contributed by atoms with E-state index in [4.69, 9.17) is 21.7 Å². The van der Waals surface area contributed by atoms with Gasteiger partial charge in [0.05, 0.1) is 19.8 Å². The lowest BCUT2D eigenvalue weighted by atomic mass is 10.1. The number of carbonyl (C=O) groups is 1. The molecule has 4 rings (SSSR count). The summed E-state index contributed by atoms with van der Waals surface area (Å²) in [6.45, 7) is 6.30. The molecule has 2 aromatic carbocycles. The van der Waals surface area contributed by atoms with Gasteiger partial charge >= 0.3 is 0 Å². The van der Waals surface area contributed by atoms with Crippen molar-refractivity contribution in [3.05, 3.63) is 58.9 Å². The van der Waals surface area contributed by atoms with Crippen molar-refractivity contribution in [1.82, 2.24) is 19.7 Å². The van der Waals surface area contributed by atoms with Gasteiger partial charge in [-0.15, -0.1) is 0 Å². The van der Waals surface area contributed by atoms with Crippen molar-refractivity contribution in [3.63, 3.8) is 0 Å². The highest BCUT2D eigenvalue weighted by Gasteiger charge is 2.19. The van der Waals surface area contributed by atoms with Gasteiger partial charge in [0.25, 0.3) is 0 Å². The molecule has 33 heavy (non-hydrogen) atoms. The topological polar surface area (TPSA) is 75.6 Å². The summed E-state index contributed by atoms with van der Waals surface area (Å²) in [5.41, 5.74) is 3.12. The second kappa shape index (κ2) is 10.6. The molecule has 174 valence electrons. The summed E-state index contributed by atoms with van der Waals surface area (Å²) in [6.07, 6.45) is 0. The lowest BCUT2D eigenvalue weighted by molar-refractivity contribution is -0.131. The maximum Gasteiger partial charge on any atom is 0.242 e. The Kier molecular flexibility index (Phi) is 7.41. The predicted molar refractivity (Wildman–Crippen MR) is 130 cm³/mol. The van der Waals surface area contributed by atoms with E-state index in [1.165, 1.54) is 0 Å². The minimum Gasteiger partial charge on any atom is -0.494 e. The van der Waals surface area contributed by atoms with Gasteiger partial charge in [0, 0.05) is 37.9 Å². The van der Waals surface area contributed by atoms with Crippen LogP contribution in [-0.4, -0.2) is 65.5 Å². The fourth-order valence-electron chi connectivity index (χ4n) is 3.91. The molecule has 1 amide bonds. The van der Waals surface area contributed by atoms with Gasteiger partial charge in [0.1, 0.15) is 12.3 Å². The molecular formula is C24H29N5O3S. The Bertz CT molecular complexity index is 1140. The summed E-state index contributed by atoms with van der Waals surface area (Å²) in [7, 11) is 1.82. The zero-order valence-electron chi connectivity index (χ0n) is 19.0. The average Bonchev–Trinajstić information content (AvgIpc) is 3.20. The van der Waals surface area contributed by atoms with Gasteiger partial charge in [-0.25, -0.2) is 0 Å². The molecule has 1 fully saturated rings. The zero-order chi connectivity index (χ0) is 23.2. The second-order valence-corrected chi connectivity index (χ2v) is 8.26. The van der Waals surface area contributed by atoms with Gasteiger partial charge in [0.15, 0.2) is 10.6 Å². The van der Waals surface area contributed by atoms with Crippen LogP contribution < -0.4 is 9.64 Å². The molecule has 2 heterocycles. The molecule has 0 radical (unpaired) electrons. The van der Waals surface area contributed by atoms with Crippen LogP contribution in [0.15, 0.2) is 48.5 Å². The van der Waals surface area contributed by atoms with Crippen LogP contribution in [-0.2, 0) is 22.6 Å². The molecule has 1 aliphatic heterocycles. The first-order valence-corrected chi connectivity index (χ1v) is 11.5. The Labute approximate surface area is 198 Å². The third kappa shape index (κ3) is 5.43. The van der Waals surface area contributed by atoms with Gasteiger partial charge in [-0.2, -0.15) is 5.10 Å². The number of likely N-dealkylation sites (N-methyl/N-ethyl adjacent to an activating group) is 1. The van der Waals surface area contributed by atoms with E-state index in [-0.39, 0.29) is 12.5 Å². The van der Waals surface area contributed by atoms with Crippen LogP contribution >= 0.6 is 12.2 Å². The van der Waals surface area contributed by atoms with Crippen LogP contribution in [0.2, 0.25) is 0 Å². The summed E-state index contributed by atoms with van der Waals surface area (Å²) in [5, 5.41) is 7.17. The first-order chi connectivity index (χ1) is 16.1. The number of benzene rings is 2. The molecule has 0 bridgehead atoms. The predicted octanol–water partition coefficient (Wildman–Crippen LogP) is 3.50. The summed E-state index contributed by atoms with van der Waals surface area (Å²) in [5.74, 6) is 1.37. The standard InChI is InChI=1S/C24H29N5O3S/c1-3-32-20-10-8-18(9-11-20)23-25-26-24(33)29(23)17-22(30)27(2)16-19-6-4-5-7-21(19)28-12-14-31-15-13-28/h4-11H,3,12-17H2,1-2H3,(H,26,33). The Morgan fingerprint density at radius 3 is 2.64 bits per heavy atom. The quantitative estimate of drug-likeness (QED) is 0.511. The van der Waals surface area contributed by atoms with Crippen molar-refractivity contribution in [3.8, 4) is 17.1 Å². The van der Waals surface area contributed by atoms with E-state index in [1.807, 2.05) is 50.4 Å².